The number of carbonyl (C=O) groups is 1. The minimum atomic E-state index is -0.0627. The predicted molar refractivity (Wildman–Crippen MR) is 87.0 cm³/mol. The fourth-order valence-corrected chi connectivity index (χ4v) is 2.83. The summed E-state index contributed by atoms with van der Waals surface area (Å²) in [6.45, 7) is 10.9. The molecule has 1 fully saturated rings. The van der Waals surface area contributed by atoms with Crippen LogP contribution in [0.25, 0.3) is 0 Å². The van der Waals surface area contributed by atoms with Crippen molar-refractivity contribution < 1.29 is 4.79 Å². The van der Waals surface area contributed by atoms with Crippen molar-refractivity contribution in [3.8, 4) is 0 Å². The van der Waals surface area contributed by atoms with Gasteiger partial charge < -0.3 is 4.90 Å². The van der Waals surface area contributed by atoms with Crippen LogP contribution in [-0.4, -0.2) is 23.9 Å². The summed E-state index contributed by atoms with van der Waals surface area (Å²) >= 11 is 0. The second-order valence-corrected chi connectivity index (χ2v) is 7.25. The number of rotatable bonds is 3. The van der Waals surface area contributed by atoms with E-state index >= 15 is 0 Å². The van der Waals surface area contributed by atoms with Crippen molar-refractivity contribution >= 4 is 5.91 Å². The second-order valence-electron chi connectivity index (χ2n) is 7.25. The van der Waals surface area contributed by atoms with E-state index in [-0.39, 0.29) is 23.5 Å². The van der Waals surface area contributed by atoms with Gasteiger partial charge in [-0.3, -0.25) is 10.1 Å². The smallest absolute Gasteiger partial charge is 0.241 e. The van der Waals surface area contributed by atoms with E-state index in [1.165, 1.54) is 5.56 Å². The summed E-state index contributed by atoms with van der Waals surface area (Å²) in [6.07, 6.45) is 0.998. The zero-order valence-corrected chi connectivity index (χ0v) is 14.1. The van der Waals surface area contributed by atoms with Gasteiger partial charge in [0, 0.05) is 7.05 Å². The van der Waals surface area contributed by atoms with Gasteiger partial charge in [-0.25, -0.2) is 0 Å². The third kappa shape index (κ3) is 3.13. The van der Waals surface area contributed by atoms with Crippen molar-refractivity contribution in [3.63, 3.8) is 0 Å². The van der Waals surface area contributed by atoms with Crippen LogP contribution in [0.15, 0.2) is 24.3 Å². The molecule has 1 N–H and O–H groups in total. The summed E-state index contributed by atoms with van der Waals surface area (Å²) in [5.41, 5.74) is 2.63. The van der Waals surface area contributed by atoms with Crippen molar-refractivity contribution in [1.29, 1.82) is 0 Å². The lowest BCUT2D eigenvalue weighted by Gasteiger charge is -2.23. The Morgan fingerprint density at radius 1 is 1.24 bits per heavy atom. The Balaban J connectivity index is 2.21. The van der Waals surface area contributed by atoms with Crippen LogP contribution in [0.4, 0.5) is 0 Å². The first-order chi connectivity index (χ1) is 9.75. The Bertz CT molecular complexity index is 501. The van der Waals surface area contributed by atoms with Crippen molar-refractivity contribution in [1.82, 2.24) is 10.2 Å². The van der Waals surface area contributed by atoms with E-state index in [0.29, 0.717) is 5.92 Å². The molecule has 1 aromatic rings. The largest absolute Gasteiger partial charge is 0.325 e. The Kier molecular flexibility index (Phi) is 4.43. The Morgan fingerprint density at radius 3 is 2.29 bits per heavy atom. The number of carbonyl (C=O) groups excluding carboxylic acids is 1. The van der Waals surface area contributed by atoms with E-state index in [1.54, 1.807) is 0 Å². The molecule has 21 heavy (non-hydrogen) atoms. The molecule has 3 unspecified atom stereocenters. The zero-order valence-electron chi connectivity index (χ0n) is 14.1. The molecule has 0 aliphatic carbocycles. The molecule has 0 bridgehead atoms. The molecule has 0 spiro atoms. The van der Waals surface area contributed by atoms with Gasteiger partial charge in [0.25, 0.3) is 0 Å². The minimum absolute atomic E-state index is 0.00878. The predicted octanol–water partition coefficient (Wildman–Crippen LogP) is 3.46. The highest BCUT2D eigenvalue weighted by Gasteiger charge is 2.39. The van der Waals surface area contributed by atoms with Crippen molar-refractivity contribution in [2.24, 2.45) is 5.92 Å². The molecular weight excluding hydrogens is 260 g/mol. The third-order valence-electron chi connectivity index (χ3n) is 4.64. The molecule has 3 heteroatoms. The summed E-state index contributed by atoms with van der Waals surface area (Å²) in [7, 11) is 1.89. The number of hydrogen-bond donors (Lipinski definition) is 1. The SMILES string of the molecule is CCC(C)C1NC(c2ccc(C(C)(C)C)cc2)N(C)C1=O. The van der Waals surface area contributed by atoms with Gasteiger partial charge in [0.05, 0.1) is 6.04 Å². The summed E-state index contributed by atoms with van der Waals surface area (Å²) in [6, 6.07) is 8.56. The van der Waals surface area contributed by atoms with Crippen LogP contribution >= 0.6 is 0 Å². The number of nitrogens with one attached hydrogen (secondary N) is 1. The van der Waals surface area contributed by atoms with E-state index < -0.39 is 0 Å². The van der Waals surface area contributed by atoms with Gasteiger partial charge in [0.15, 0.2) is 0 Å². The topological polar surface area (TPSA) is 32.3 Å². The molecule has 3 atom stereocenters. The molecule has 0 aromatic heterocycles. The fourth-order valence-electron chi connectivity index (χ4n) is 2.83. The van der Waals surface area contributed by atoms with E-state index in [0.717, 1.165) is 12.0 Å². The molecule has 0 saturated carbocycles. The van der Waals surface area contributed by atoms with E-state index in [2.05, 4.69) is 64.2 Å². The minimum Gasteiger partial charge on any atom is -0.325 e. The van der Waals surface area contributed by atoms with E-state index in [1.807, 2.05) is 11.9 Å². The maximum atomic E-state index is 12.4. The molecule has 0 radical (unpaired) electrons. The lowest BCUT2D eigenvalue weighted by molar-refractivity contribution is -0.129. The van der Waals surface area contributed by atoms with Gasteiger partial charge in [-0.05, 0) is 22.5 Å². The highest BCUT2D eigenvalue weighted by molar-refractivity contribution is 5.84. The standard InChI is InChI=1S/C18H28N2O/c1-7-12(2)15-17(21)20(6)16(19-15)13-8-10-14(11-9-13)18(3,4)5/h8-12,15-16,19H,7H2,1-6H3. The second kappa shape index (κ2) is 5.80. The van der Waals surface area contributed by atoms with Gasteiger partial charge in [-0.2, -0.15) is 0 Å². The lowest BCUT2D eigenvalue weighted by Crippen LogP contribution is -2.35. The molecule has 1 aromatic carbocycles. The molecule has 1 aliphatic heterocycles. The molecule has 1 aliphatic rings. The Morgan fingerprint density at radius 2 is 1.81 bits per heavy atom. The highest BCUT2D eigenvalue weighted by Crippen LogP contribution is 2.29. The maximum Gasteiger partial charge on any atom is 0.241 e. The molecule has 1 saturated heterocycles. The average Bonchev–Trinajstić information content (AvgIpc) is 2.74. The summed E-state index contributed by atoms with van der Waals surface area (Å²) in [4.78, 5) is 14.2. The average molecular weight is 288 g/mol. The normalized spacial score (nSPS) is 24.5. The number of amides is 1. The van der Waals surface area contributed by atoms with E-state index in [4.69, 9.17) is 0 Å². The zero-order chi connectivity index (χ0) is 15.8. The van der Waals surface area contributed by atoms with Crippen LogP contribution in [0.1, 0.15) is 58.3 Å². The van der Waals surface area contributed by atoms with Crippen molar-refractivity contribution in [2.75, 3.05) is 7.05 Å². The Labute approximate surface area is 128 Å². The molecule has 3 nitrogen and oxygen atoms in total. The molecule has 116 valence electrons. The van der Waals surface area contributed by atoms with Crippen LogP contribution in [0.5, 0.6) is 0 Å². The lowest BCUT2D eigenvalue weighted by atomic mass is 9.86. The number of nitrogens with zero attached hydrogens (tertiary/aromatic N) is 1. The highest BCUT2D eigenvalue weighted by atomic mass is 16.2. The van der Waals surface area contributed by atoms with Gasteiger partial charge in [0.1, 0.15) is 6.17 Å². The maximum absolute atomic E-state index is 12.4. The summed E-state index contributed by atoms with van der Waals surface area (Å²) in [5.74, 6) is 0.563. The Hall–Kier alpha value is -1.35. The molecule has 2 rings (SSSR count). The first-order valence-corrected chi connectivity index (χ1v) is 7.89. The van der Waals surface area contributed by atoms with Gasteiger partial charge in [-0.1, -0.05) is 65.3 Å². The van der Waals surface area contributed by atoms with Crippen molar-refractivity contribution in [2.45, 2.75) is 58.7 Å². The van der Waals surface area contributed by atoms with Gasteiger partial charge >= 0.3 is 0 Å². The molecular formula is C18H28N2O. The van der Waals surface area contributed by atoms with Crippen LogP contribution < -0.4 is 5.32 Å². The van der Waals surface area contributed by atoms with Crippen molar-refractivity contribution in [3.05, 3.63) is 35.4 Å². The van der Waals surface area contributed by atoms with Crippen LogP contribution in [0.3, 0.4) is 0 Å². The van der Waals surface area contributed by atoms with Crippen LogP contribution in [0.2, 0.25) is 0 Å². The monoisotopic (exact) mass is 288 g/mol. The number of likely N-dealkylation sites (N-methyl/N-ethyl adjacent to an activating group) is 1. The summed E-state index contributed by atoms with van der Waals surface area (Å²) in [5, 5.41) is 3.49. The molecule has 1 heterocycles. The molecule has 1 amide bonds. The first-order valence-electron chi connectivity index (χ1n) is 7.89. The van der Waals surface area contributed by atoms with Crippen LogP contribution in [-0.2, 0) is 10.2 Å². The van der Waals surface area contributed by atoms with Crippen LogP contribution in [0, 0.1) is 5.92 Å². The van der Waals surface area contributed by atoms with E-state index in [9.17, 15) is 4.79 Å². The number of hydrogen-bond acceptors (Lipinski definition) is 2. The third-order valence-corrected chi connectivity index (χ3v) is 4.64. The number of benzene rings is 1. The van der Waals surface area contributed by atoms with Gasteiger partial charge in [0.2, 0.25) is 5.91 Å². The fraction of sp³-hybridized carbons (Fsp3) is 0.611. The quantitative estimate of drug-likeness (QED) is 0.924. The summed E-state index contributed by atoms with van der Waals surface area (Å²) < 4.78 is 0. The first kappa shape index (κ1) is 16.0. The van der Waals surface area contributed by atoms with Gasteiger partial charge in [-0.15, -0.1) is 0 Å².